The van der Waals surface area contributed by atoms with Gasteiger partial charge in [-0.2, -0.15) is 4.39 Å². The van der Waals surface area contributed by atoms with Crippen LogP contribution >= 0.6 is 0 Å². The van der Waals surface area contributed by atoms with Crippen molar-refractivity contribution in [3.63, 3.8) is 0 Å². The van der Waals surface area contributed by atoms with Crippen LogP contribution in [0, 0.1) is 5.92 Å². The molecule has 5 heteroatoms. The van der Waals surface area contributed by atoms with Gasteiger partial charge in [0.15, 0.2) is 0 Å². The van der Waals surface area contributed by atoms with Gasteiger partial charge >= 0.3 is 0 Å². The Balaban J connectivity index is 2.52. The smallest absolute Gasteiger partial charge is 0.237 e. The summed E-state index contributed by atoms with van der Waals surface area (Å²) < 4.78 is 13.0. The number of allylic oxidation sites excluding steroid dienone is 1. The number of hydrogen-bond donors (Lipinski definition) is 1. The number of carbonyl (C=O) groups excluding carboxylic acids is 1. The van der Waals surface area contributed by atoms with Gasteiger partial charge in [0.25, 0.3) is 0 Å². The molecule has 1 fully saturated rings. The Hall–Kier alpha value is -1.49. The molecular formula is C14H22FN3O. The molecule has 1 amide bonds. The number of halogens is 1. The largest absolute Gasteiger partial charge is 0.351 e. The van der Waals surface area contributed by atoms with E-state index in [4.69, 9.17) is 0 Å². The molecule has 0 aromatic heterocycles. The Bertz CT molecular complexity index is 403. The molecule has 1 saturated heterocycles. The van der Waals surface area contributed by atoms with E-state index in [1.807, 2.05) is 7.05 Å². The molecule has 1 unspecified atom stereocenters. The van der Waals surface area contributed by atoms with Gasteiger partial charge in [-0.1, -0.05) is 13.0 Å². The summed E-state index contributed by atoms with van der Waals surface area (Å²) in [5.74, 6) is -0.121. The highest BCUT2D eigenvalue weighted by Crippen LogP contribution is 2.20. The molecule has 0 saturated carbocycles. The normalized spacial score (nSPS) is 25.5. The lowest BCUT2D eigenvalue weighted by Gasteiger charge is -2.18. The Morgan fingerprint density at radius 2 is 2.32 bits per heavy atom. The third kappa shape index (κ3) is 4.59. The first kappa shape index (κ1) is 15.6. The van der Waals surface area contributed by atoms with Crippen molar-refractivity contribution in [1.29, 1.82) is 0 Å². The minimum atomic E-state index is -0.644. The second kappa shape index (κ2) is 7.19. The zero-order valence-corrected chi connectivity index (χ0v) is 11.8. The number of nitrogens with zero attached hydrogens (tertiary/aromatic N) is 2. The summed E-state index contributed by atoms with van der Waals surface area (Å²) >= 11 is 0. The number of likely N-dealkylation sites (tertiary alicyclic amines) is 1. The minimum absolute atomic E-state index is 0.00781. The van der Waals surface area contributed by atoms with E-state index in [-0.39, 0.29) is 11.9 Å². The molecule has 0 aromatic rings. The van der Waals surface area contributed by atoms with E-state index >= 15 is 0 Å². The summed E-state index contributed by atoms with van der Waals surface area (Å²) in [4.78, 5) is 17.3. The van der Waals surface area contributed by atoms with Crippen molar-refractivity contribution in [3.8, 4) is 0 Å². The maximum Gasteiger partial charge on any atom is 0.237 e. The predicted octanol–water partition coefficient (Wildman–Crippen LogP) is 1.90. The van der Waals surface area contributed by atoms with Crippen LogP contribution in [0.2, 0.25) is 0 Å². The van der Waals surface area contributed by atoms with Gasteiger partial charge in [0, 0.05) is 13.1 Å². The van der Waals surface area contributed by atoms with Crippen LogP contribution in [0.4, 0.5) is 4.39 Å². The standard InChI is InChI=1S/C14H22FN3O/c1-5-11(7-13(15)16-3)8-17-14(19)12-6-10(2)9-18(12)4/h5,7,10,12H,3,6,8-9H2,1-2,4H3,(H,17,19)/b11-5+,13-7-/t10?,12-/m0/s1. The van der Waals surface area contributed by atoms with Crippen LogP contribution in [0.25, 0.3) is 0 Å². The van der Waals surface area contributed by atoms with Crippen LogP contribution in [0.15, 0.2) is 28.7 Å². The van der Waals surface area contributed by atoms with Crippen LogP contribution in [0.1, 0.15) is 20.3 Å². The third-order valence-corrected chi connectivity index (χ3v) is 3.35. The van der Waals surface area contributed by atoms with Crippen molar-refractivity contribution in [2.24, 2.45) is 10.9 Å². The van der Waals surface area contributed by atoms with Gasteiger partial charge in [0.1, 0.15) is 0 Å². The van der Waals surface area contributed by atoms with Gasteiger partial charge in [0.2, 0.25) is 11.9 Å². The van der Waals surface area contributed by atoms with E-state index in [0.29, 0.717) is 18.0 Å². The fourth-order valence-electron chi connectivity index (χ4n) is 2.30. The second-order valence-electron chi connectivity index (χ2n) is 5.00. The van der Waals surface area contributed by atoms with E-state index in [9.17, 15) is 9.18 Å². The number of carbonyl (C=O) groups is 1. The lowest BCUT2D eigenvalue weighted by atomic mass is 10.1. The molecule has 19 heavy (non-hydrogen) atoms. The summed E-state index contributed by atoms with van der Waals surface area (Å²) in [5, 5.41) is 2.83. The fraction of sp³-hybridized carbons (Fsp3) is 0.571. The summed E-state index contributed by atoms with van der Waals surface area (Å²) in [5.41, 5.74) is 0.673. The van der Waals surface area contributed by atoms with Crippen molar-refractivity contribution in [2.45, 2.75) is 26.3 Å². The first-order valence-corrected chi connectivity index (χ1v) is 6.45. The Morgan fingerprint density at radius 3 is 2.79 bits per heavy atom. The first-order valence-electron chi connectivity index (χ1n) is 6.45. The first-order chi connectivity index (χ1) is 8.97. The topological polar surface area (TPSA) is 44.7 Å². The van der Waals surface area contributed by atoms with Crippen molar-refractivity contribution in [2.75, 3.05) is 20.1 Å². The zero-order chi connectivity index (χ0) is 14.4. The number of nitrogens with one attached hydrogen (secondary N) is 1. The van der Waals surface area contributed by atoms with Gasteiger partial charge in [-0.15, -0.1) is 0 Å². The molecule has 2 atom stereocenters. The van der Waals surface area contributed by atoms with Crippen molar-refractivity contribution in [3.05, 3.63) is 23.7 Å². The summed E-state index contributed by atoms with van der Waals surface area (Å²) in [6, 6.07) is -0.0838. The molecule has 1 heterocycles. The van der Waals surface area contributed by atoms with E-state index < -0.39 is 5.95 Å². The van der Waals surface area contributed by atoms with Crippen molar-refractivity contribution in [1.82, 2.24) is 10.2 Å². The molecule has 1 N–H and O–H groups in total. The number of aliphatic imine (C=N–C) groups is 1. The number of rotatable bonds is 5. The van der Waals surface area contributed by atoms with Crippen LogP contribution in [-0.2, 0) is 4.79 Å². The zero-order valence-electron chi connectivity index (χ0n) is 11.8. The molecule has 0 aliphatic carbocycles. The molecule has 1 aliphatic heterocycles. The summed E-state index contributed by atoms with van der Waals surface area (Å²) in [7, 11) is 1.95. The molecular weight excluding hydrogens is 245 g/mol. The van der Waals surface area contributed by atoms with Gasteiger partial charge in [0.05, 0.1) is 6.04 Å². The Morgan fingerprint density at radius 1 is 1.63 bits per heavy atom. The monoisotopic (exact) mass is 267 g/mol. The molecule has 1 rings (SSSR count). The average Bonchev–Trinajstić information content (AvgIpc) is 2.72. The van der Waals surface area contributed by atoms with E-state index in [2.05, 4.69) is 28.9 Å². The third-order valence-electron chi connectivity index (χ3n) is 3.35. The molecule has 0 spiro atoms. The molecule has 0 bridgehead atoms. The van der Waals surface area contributed by atoms with Gasteiger partial charge in [-0.05, 0) is 44.7 Å². The minimum Gasteiger partial charge on any atom is -0.351 e. The molecule has 0 aromatic carbocycles. The van der Waals surface area contributed by atoms with E-state index in [1.54, 1.807) is 13.0 Å². The van der Waals surface area contributed by atoms with Gasteiger partial charge in [-0.25, -0.2) is 4.99 Å². The summed E-state index contributed by atoms with van der Waals surface area (Å²) in [6.45, 7) is 8.27. The van der Waals surface area contributed by atoms with Crippen LogP contribution in [0.5, 0.6) is 0 Å². The molecule has 1 aliphatic rings. The maximum absolute atomic E-state index is 13.0. The second-order valence-corrected chi connectivity index (χ2v) is 5.00. The molecule has 4 nitrogen and oxygen atoms in total. The van der Waals surface area contributed by atoms with Crippen LogP contribution in [-0.4, -0.2) is 43.7 Å². The molecule has 106 valence electrons. The summed E-state index contributed by atoms with van der Waals surface area (Å²) in [6.07, 6.45) is 3.88. The van der Waals surface area contributed by atoms with Gasteiger partial charge in [-0.3, -0.25) is 9.69 Å². The highest BCUT2D eigenvalue weighted by molar-refractivity contribution is 5.82. The predicted molar refractivity (Wildman–Crippen MR) is 75.7 cm³/mol. The number of amides is 1. The SMILES string of the molecule is C=N/C(F)=C\C(=C/C)CNC(=O)[C@@H]1CC(C)CN1C. The lowest BCUT2D eigenvalue weighted by Crippen LogP contribution is -2.41. The average molecular weight is 267 g/mol. The highest BCUT2D eigenvalue weighted by atomic mass is 19.1. The quantitative estimate of drug-likeness (QED) is 0.470. The highest BCUT2D eigenvalue weighted by Gasteiger charge is 2.31. The number of hydrogen-bond acceptors (Lipinski definition) is 3. The Kier molecular flexibility index (Phi) is 5.89. The van der Waals surface area contributed by atoms with Crippen LogP contribution in [0.3, 0.4) is 0 Å². The molecule has 0 radical (unpaired) electrons. The maximum atomic E-state index is 13.0. The Labute approximate surface area is 114 Å². The van der Waals surface area contributed by atoms with Crippen LogP contribution < -0.4 is 5.32 Å². The van der Waals surface area contributed by atoms with E-state index in [1.165, 1.54) is 6.08 Å². The van der Waals surface area contributed by atoms with Gasteiger partial charge < -0.3 is 5.32 Å². The van der Waals surface area contributed by atoms with Crippen molar-refractivity contribution < 1.29 is 9.18 Å². The fourth-order valence-corrected chi connectivity index (χ4v) is 2.30. The number of likely N-dealkylation sites (N-methyl/N-ethyl adjacent to an activating group) is 1. The lowest BCUT2D eigenvalue weighted by molar-refractivity contribution is -0.124. The van der Waals surface area contributed by atoms with Crippen molar-refractivity contribution >= 4 is 12.6 Å². The van der Waals surface area contributed by atoms with E-state index in [0.717, 1.165) is 13.0 Å².